The molecule has 1 unspecified atom stereocenters. The van der Waals surface area contributed by atoms with E-state index in [4.69, 9.17) is 0 Å². The Hall–Kier alpha value is -1.69. The van der Waals surface area contributed by atoms with E-state index in [-0.39, 0.29) is 11.8 Å². The Morgan fingerprint density at radius 1 is 0.846 bits per heavy atom. The highest BCUT2D eigenvalue weighted by molar-refractivity contribution is 7.88. The first-order valence-corrected chi connectivity index (χ1v) is 11.1. The number of hydrogen-bond acceptors (Lipinski definition) is 3. The van der Waals surface area contributed by atoms with Crippen LogP contribution in [-0.4, -0.2) is 33.0 Å². The molecule has 2 aromatic rings. The zero-order valence-corrected chi connectivity index (χ0v) is 16.0. The summed E-state index contributed by atoms with van der Waals surface area (Å²) >= 11 is 0. The molecule has 140 valence electrons. The topological polar surface area (TPSA) is 49.4 Å². The molecule has 1 aliphatic rings. The Labute approximate surface area is 157 Å². The van der Waals surface area contributed by atoms with E-state index in [2.05, 4.69) is 21.8 Å². The molecule has 3 rings (SSSR count). The van der Waals surface area contributed by atoms with Gasteiger partial charge in [0.1, 0.15) is 0 Å². The van der Waals surface area contributed by atoms with Crippen LogP contribution in [0, 0.1) is 0 Å². The van der Waals surface area contributed by atoms with Crippen molar-refractivity contribution in [2.75, 3.05) is 19.6 Å². The van der Waals surface area contributed by atoms with Crippen molar-refractivity contribution in [3.8, 4) is 0 Å². The van der Waals surface area contributed by atoms with E-state index in [0.717, 1.165) is 18.7 Å². The first-order chi connectivity index (χ1) is 12.6. The van der Waals surface area contributed by atoms with Crippen LogP contribution >= 0.6 is 0 Å². The number of sulfonamides is 1. The zero-order valence-electron chi connectivity index (χ0n) is 15.2. The fourth-order valence-electron chi connectivity index (χ4n) is 3.59. The molecular formula is C21H28N2O2S. The lowest BCUT2D eigenvalue weighted by Crippen LogP contribution is -2.39. The van der Waals surface area contributed by atoms with Crippen molar-refractivity contribution < 1.29 is 8.42 Å². The fraction of sp³-hybridized carbons (Fsp3) is 0.429. The van der Waals surface area contributed by atoms with Crippen LogP contribution < -0.4 is 4.72 Å². The number of hydrogen-bond donors (Lipinski definition) is 1. The standard InChI is InChI=1S/C21H28N2O2S/c24-26(25,18-19-11-5-3-6-12-19)22-17-21(20-13-7-4-8-14-20)23-15-9-1-2-10-16-23/h3-8,11-14,21-22H,1-2,9-10,15-18H2. The Kier molecular flexibility index (Phi) is 6.83. The van der Waals surface area contributed by atoms with E-state index < -0.39 is 10.0 Å². The molecule has 1 aliphatic heterocycles. The van der Waals surface area contributed by atoms with Crippen LogP contribution in [0.25, 0.3) is 0 Å². The van der Waals surface area contributed by atoms with E-state index in [1.165, 1.54) is 31.2 Å². The largest absolute Gasteiger partial charge is 0.295 e. The summed E-state index contributed by atoms with van der Waals surface area (Å²) in [5.41, 5.74) is 1.99. The summed E-state index contributed by atoms with van der Waals surface area (Å²) in [4.78, 5) is 2.44. The molecule has 1 saturated heterocycles. The number of nitrogens with zero attached hydrogens (tertiary/aromatic N) is 1. The quantitative estimate of drug-likeness (QED) is 0.806. The van der Waals surface area contributed by atoms with Gasteiger partial charge in [0.15, 0.2) is 0 Å². The summed E-state index contributed by atoms with van der Waals surface area (Å²) in [7, 11) is -3.36. The van der Waals surface area contributed by atoms with E-state index in [0.29, 0.717) is 6.54 Å². The second-order valence-corrected chi connectivity index (χ2v) is 8.78. The third kappa shape index (κ3) is 5.66. The van der Waals surface area contributed by atoms with E-state index >= 15 is 0 Å². The van der Waals surface area contributed by atoms with Crippen LogP contribution in [0.15, 0.2) is 60.7 Å². The molecule has 4 nitrogen and oxygen atoms in total. The molecule has 1 atom stereocenters. The van der Waals surface area contributed by atoms with Gasteiger partial charge in [0, 0.05) is 12.6 Å². The van der Waals surface area contributed by atoms with Crippen molar-refractivity contribution in [1.82, 2.24) is 9.62 Å². The van der Waals surface area contributed by atoms with Crippen molar-refractivity contribution >= 4 is 10.0 Å². The summed E-state index contributed by atoms with van der Waals surface area (Å²) in [6.45, 7) is 2.47. The molecule has 0 bridgehead atoms. The van der Waals surface area contributed by atoms with E-state index in [9.17, 15) is 8.42 Å². The normalized spacial score (nSPS) is 17.5. The van der Waals surface area contributed by atoms with Gasteiger partial charge in [0.2, 0.25) is 10.0 Å². The van der Waals surface area contributed by atoms with Crippen LogP contribution in [-0.2, 0) is 15.8 Å². The van der Waals surface area contributed by atoms with Crippen molar-refractivity contribution in [2.24, 2.45) is 0 Å². The van der Waals surface area contributed by atoms with Crippen molar-refractivity contribution in [2.45, 2.75) is 37.5 Å². The van der Waals surface area contributed by atoms with Gasteiger partial charge in [0.25, 0.3) is 0 Å². The van der Waals surface area contributed by atoms with Crippen LogP contribution in [0.3, 0.4) is 0 Å². The van der Waals surface area contributed by atoms with Gasteiger partial charge in [-0.05, 0) is 37.1 Å². The monoisotopic (exact) mass is 372 g/mol. The van der Waals surface area contributed by atoms with Gasteiger partial charge in [-0.15, -0.1) is 0 Å². The number of nitrogens with one attached hydrogen (secondary N) is 1. The number of benzene rings is 2. The maximum absolute atomic E-state index is 12.6. The first kappa shape index (κ1) is 19.1. The Morgan fingerprint density at radius 3 is 2.04 bits per heavy atom. The maximum Gasteiger partial charge on any atom is 0.215 e. The van der Waals surface area contributed by atoms with Crippen molar-refractivity contribution in [1.29, 1.82) is 0 Å². The summed E-state index contributed by atoms with van der Waals surface area (Å²) in [6.07, 6.45) is 4.88. The Balaban J connectivity index is 1.71. The molecule has 0 radical (unpaired) electrons. The SMILES string of the molecule is O=S(=O)(Cc1ccccc1)NCC(c1ccccc1)N1CCCCCC1. The minimum absolute atomic E-state index is 0.0232. The van der Waals surface area contributed by atoms with E-state index in [1.54, 1.807) is 0 Å². The van der Waals surface area contributed by atoms with Crippen LogP contribution in [0.1, 0.15) is 42.9 Å². The molecule has 26 heavy (non-hydrogen) atoms. The van der Waals surface area contributed by atoms with Gasteiger partial charge in [0.05, 0.1) is 5.75 Å². The molecule has 0 aromatic heterocycles. The maximum atomic E-state index is 12.6. The predicted molar refractivity (Wildman–Crippen MR) is 106 cm³/mol. The van der Waals surface area contributed by atoms with Crippen molar-refractivity contribution in [3.05, 3.63) is 71.8 Å². The van der Waals surface area contributed by atoms with Gasteiger partial charge in [-0.3, -0.25) is 4.90 Å². The van der Waals surface area contributed by atoms with Crippen LogP contribution in [0.5, 0.6) is 0 Å². The van der Waals surface area contributed by atoms with E-state index in [1.807, 2.05) is 48.5 Å². The van der Waals surface area contributed by atoms with Gasteiger partial charge >= 0.3 is 0 Å². The minimum atomic E-state index is -3.36. The fourth-order valence-corrected chi connectivity index (χ4v) is 4.74. The summed E-state index contributed by atoms with van der Waals surface area (Å²) in [6, 6.07) is 19.7. The minimum Gasteiger partial charge on any atom is -0.295 e. The van der Waals surface area contributed by atoms with Gasteiger partial charge in [-0.2, -0.15) is 0 Å². The molecule has 2 aromatic carbocycles. The highest BCUT2D eigenvalue weighted by Crippen LogP contribution is 2.24. The lowest BCUT2D eigenvalue weighted by Gasteiger charge is -2.31. The highest BCUT2D eigenvalue weighted by atomic mass is 32.2. The molecule has 5 heteroatoms. The summed E-state index contributed by atoms with van der Waals surface area (Å²) in [5.74, 6) is 0.0232. The molecule has 1 N–H and O–H groups in total. The second kappa shape index (κ2) is 9.31. The van der Waals surface area contributed by atoms with Crippen LogP contribution in [0.2, 0.25) is 0 Å². The van der Waals surface area contributed by atoms with Crippen LogP contribution in [0.4, 0.5) is 0 Å². The summed E-state index contributed by atoms with van der Waals surface area (Å²) in [5, 5.41) is 0. The lowest BCUT2D eigenvalue weighted by molar-refractivity contribution is 0.206. The predicted octanol–water partition coefficient (Wildman–Crippen LogP) is 3.72. The van der Waals surface area contributed by atoms with Crippen molar-refractivity contribution in [3.63, 3.8) is 0 Å². The molecule has 0 saturated carbocycles. The Bertz CT molecular complexity index is 755. The molecular weight excluding hydrogens is 344 g/mol. The third-order valence-electron chi connectivity index (χ3n) is 4.96. The van der Waals surface area contributed by atoms with Gasteiger partial charge < -0.3 is 0 Å². The molecule has 0 amide bonds. The summed E-state index contributed by atoms with van der Waals surface area (Å²) < 4.78 is 28.0. The smallest absolute Gasteiger partial charge is 0.215 e. The first-order valence-electron chi connectivity index (χ1n) is 9.44. The number of likely N-dealkylation sites (tertiary alicyclic amines) is 1. The highest BCUT2D eigenvalue weighted by Gasteiger charge is 2.23. The molecule has 1 fully saturated rings. The third-order valence-corrected chi connectivity index (χ3v) is 6.28. The molecule has 0 aliphatic carbocycles. The second-order valence-electron chi connectivity index (χ2n) is 6.97. The number of rotatable bonds is 7. The Morgan fingerprint density at radius 2 is 1.42 bits per heavy atom. The average molecular weight is 373 g/mol. The lowest BCUT2D eigenvalue weighted by atomic mass is 10.1. The van der Waals surface area contributed by atoms with Gasteiger partial charge in [-0.1, -0.05) is 73.5 Å². The zero-order chi connectivity index (χ0) is 18.2. The van der Waals surface area contributed by atoms with Gasteiger partial charge in [-0.25, -0.2) is 13.1 Å². The molecule has 1 heterocycles. The average Bonchev–Trinajstić information content (AvgIpc) is 2.93. The molecule has 0 spiro atoms.